The fraction of sp³-hybridized carbons (Fsp3) is 0.880. The molecule has 4 aliphatic rings. The average molecular weight is 435 g/mol. The summed E-state index contributed by atoms with van der Waals surface area (Å²) in [6.07, 6.45) is 13.2. The van der Waals surface area contributed by atoms with Gasteiger partial charge >= 0.3 is 0 Å². The average Bonchev–Trinajstić information content (AvgIpc) is 3.35. The normalized spacial score (nSPS) is 34.8. The molecule has 1 heterocycles. The number of carbonyl (C=O) groups is 1. The van der Waals surface area contributed by atoms with Crippen LogP contribution in [0.4, 0.5) is 0 Å². The van der Waals surface area contributed by atoms with Crippen LogP contribution in [0.15, 0.2) is 12.2 Å². The quantitative estimate of drug-likeness (QED) is 0.401. The van der Waals surface area contributed by atoms with Crippen LogP contribution < -0.4 is 0 Å². The maximum Gasteiger partial charge on any atom is 0.192 e. The van der Waals surface area contributed by atoms with Gasteiger partial charge in [-0.05, 0) is 55.3 Å². The van der Waals surface area contributed by atoms with E-state index in [0.29, 0.717) is 36.8 Å². The molecular formula is C25H42O4Si. The Morgan fingerprint density at radius 1 is 1.07 bits per heavy atom. The van der Waals surface area contributed by atoms with Crippen LogP contribution >= 0.6 is 0 Å². The van der Waals surface area contributed by atoms with Crippen molar-refractivity contribution in [1.29, 1.82) is 0 Å². The van der Waals surface area contributed by atoms with E-state index < -0.39 is 8.32 Å². The second-order valence-corrected chi connectivity index (χ2v) is 16.5. The number of hydrogen-bond donors (Lipinski definition) is 0. The molecule has 170 valence electrons. The van der Waals surface area contributed by atoms with Gasteiger partial charge in [0.2, 0.25) is 0 Å². The maximum absolute atomic E-state index is 12.9. The van der Waals surface area contributed by atoms with Gasteiger partial charge in [-0.2, -0.15) is 0 Å². The van der Waals surface area contributed by atoms with E-state index in [-0.39, 0.29) is 22.8 Å². The Balaban J connectivity index is 1.51. The Hall–Kier alpha value is -0.493. The van der Waals surface area contributed by atoms with Crippen LogP contribution in [-0.4, -0.2) is 39.2 Å². The fourth-order valence-corrected chi connectivity index (χ4v) is 7.37. The third kappa shape index (κ3) is 4.50. The van der Waals surface area contributed by atoms with E-state index >= 15 is 0 Å². The molecule has 0 aromatic rings. The molecule has 1 aliphatic heterocycles. The number of ketones is 1. The van der Waals surface area contributed by atoms with E-state index in [0.717, 1.165) is 32.1 Å². The van der Waals surface area contributed by atoms with Crippen LogP contribution in [0.3, 0.4) is 0 Å². The number of rotatable bonds is 5. The standard InChI is InChI=1S/C25H42O4Si/c1-24(2,3)30(4,5)29-23-15-19-16-25(27-13-14-28-25)17-21(19)20(23)11-12-22(26)18-9-7-6-8-10-18/h11-12,18-21,23H,6-10,13-17H2,1-5H3/t19-,20+,21+,23+/m0/s1. The molecular weight excluding hydrogens is 392 g/mol. The van der Waals surface area contributed by atoms with Gasteiger partial charge in [0.25, 0.3) is 0 Å². The summed E-state index contributed by atoms with van der Waals surface area (Å²) in [4.78, 5) is 12.9. The first kappa shape index (κ1) is 22.7. The lowest BCUT2D eigenvalue weighted by molar-refractivity contribution is -0.157. The highest BCUT2D eigenvalue weighted by Gasteiger charge is 2.57. The molecule has 4 rings (SSSR count). The van der Waals surface area contributed by atoms with Crippen LogP contribution in [-0.2, 0) is 18.7 Å². The molecule has 0 amide bonds. The first-order valence-electron chi connectivity index (χ1n) is 12.3. The summed E-state index contributed by atoms with van der Waals surface area (Å²) in [5.41, 5.74) is 0. The summed E-state index contributed by atoms with van der Waals surface area (Å²) in [6, 6.07) is 0. The SMILES string of the molecule is CC(C)(C)[Si](C)(C)O[C@@H]1C[C@H]2CC3(C[C@H]2[C@H]1C=CC(=O)C1CCCCC1)OCCO3. The maximum atomic E-state index is 12.9. The van der Waals surface area contributed by atoms with E-state index in [1.807, 2.05) is 6.08 Å². The number of ether oxygens (including phenoxy) is 2. The lowest BCUT2D eigenvalue weighted by atomic mass is 9.85. The van der Waals surface area contributed by atoms with Crippen molar-refractivity contribution in [2.45, 2.75) is 102 Å². The molecule has 0 aromatic carbocycles. The molecule has 30 heavy (non-hydrogen) atoms. The smallest absolute Gasteiger partial charge is 0.192 e. The van der Waals surface area contributed by atoms with Crippen molar-refractivity contribution >= 4 is 14.1 Å². The lowest BCUT2D eigenvalue weighted by Crippen LogP contribution is -2.45. The minimum atomic E-state index is -1.87. The number of fused-ring (bicyclic) bond motifs is 1. The van der Waals surface area contributed by atoms with Crippen LogP contribution in [0.2, 0.25) is 18.1 Å². The zero-order chi connectivity index (χ0) is 21.6. The van der Waals surface area contributed by atoms with Crippen molar-refractivity contribution in [3.05, 3.63) is 12.2 Å². The van der Waals surface area contributed by atoms with E-state index in [1.54, 1.807) is 0 Å². The molecule has 4 nitrogen and oxygen atoms in total. The van der Waals surface area contributed by atoms with Gasteiger partial charge in [0.05, 0.1) is 19.3 Å². The van der Waals surface area contributed by atoms with Crippen molar-refractivity contribution in [2.24, 2.45) is 23.7 Å². The predicted molar refractivity (Wildman–Crippen MR) is 122 cm³/mol. The van der Waals surface area contributed by atoms with Crippen molar-refractivity contribution in [1.82, 2.24) is 0 Å². The second kappa shape index (κ2) is 8.46. The summed E-state index contributed by atoms with van der Waals surface area (Å²) in [6.45, 7) is 13.0. The minimum Gasteiger partial charge on any atom is -0.413 e. The zero-order valence-corrected chi connectivity index (χ0v) is 20.7. The van der Waals surface area contributed by atoms with Crippen LogP contribution in [0, 0.1) is 23.7 Å². The molecule has 0 aromatic heterocycles. The Morgan fingerprint density at radius 3 is 2.37 bits per heavy atom. The van der Waals surface area contributed by atoms with Crippen molar-refractivity contribution in [3.63, 3.8) is 0 Å². The summed E-state index contributed by atoms with van der Waals surface area (Å²) in [5.74, 6) is 1.57. The van der Waals surface area contributed by atoms with Gasteiger partial charge < -0.3 is 13.9 Å². The highest BCUT2D eigenvalue weighted by Crippen LogP contribution is 2.56. The lowest BCUT2D eigenvalue weighted by Gasteiger charge is -2.40. The molecule has 0 radical (unpaired) electrons. The summed E-state index contributed by atoms with van der Waals surface area (Å²) < 4.78 is 19.0. The molecule has 0 bridgehead atoms. The Labute approximate surface area is 184 Å². The van der Waals surface area contributed by atoms with E-state index in [1.165, 1.54) is 19.3 Å². The molecule has 4 fully saturated rings. The van der Waals surface area contributed by atoms with Crippen molar-refractivity contribution in [2.75, 3.05) is 13.2 Å². The first-order valence-corrected chi connectivity index (χ1v) is 15.2. The third-order valence-corrected chi connectivity index (χ3v) is 13.2. The molecule has 1 spiro atoms. The number of hydrogen-bond acceptors (Lipinski definition) is 4. The van der Waals surface area contributed by atoms with Crippen molar-refractivity contribution in [3.8, 4) is 0 Å². The van der Waals surface area contributed by atoms with Gasteiger partial charge in [-0.25, -0.2) is 0 Å². The van der Waals surface area contributed by atoms with Gasteiger partial charge in [-0.15, -0.1) is 0 Å². The summed E-state index contributed by atoms with van der Waals surface area (Å²) >= 11 is 0. The predicted octanol–water partition coefficient (Wildman–Crippen LogP) is 5.87. The summed E-state index contributed by atoms with van der Waals surface area (Å²) in [5, 5.41) is 0.190. The first-order chi connectivity index (χ1) is 14.1. The van der Waals surface area contributed by atoms with Crippen LogP contribution in [0.1, 0.15) is 72.1 Å². The Morgan fingerprint density at radius 2 is 1.73 bits per heavy atom. The third-order valence-electron chi connectivity index (χ3n) is 8.74. The van der Waals surface area contributed by atoms with Gasteiger partial charge in [-0.1, -0.05) is 46.1 Å². The molecule has 4 atom stereocenters. The molecule has 0 unspecified atom stereocenters. The fourth-order valence-electron chi connectivity index (χ4n) is 6.01. The zero-order valence-electron chi connectivity index (χ0n) is 19.7. The molecule has 5 heteroatoms. The Kier molecular flexibility index (Phi) is 6.40. The van der Waals surface area contributed by atoms with E-state index in [9.17, 15) is 4.79 Å². The number of carbonyl (C=O) groups excluding carboxylic acids is 1. The van der Waals surface area contributed by atoms with Gasteiger partial charge in [0.1, 0.15) is 0 Å². The van der Waals surface area contributed by atoms with E-state index in [4.69, 9.17) is 13.9 Å². The summed E-state index contributed by atoms with van der Waals surface area (Å²) in [7, 11) is -1.87. The highest BCUT2D eigenvalue weighted by molar-refractivity contribution is 6.74. The Bertz CT molecular complexity index is 653. The van der Waals surface area contributed by atoms with Crippen LogP contribution in [0.25, 0.3) is 0 Å². The van der Waals surface area contributed by atoms with Gasteiger partial charge in [0, 0.05) is 24.7 Å². The second-order valence-electron chi connectivity index (χ2n) is 11.8. The topological polar surface area (TPSA) is 44.8 Å². The molecule has 3 aliphatic carbocycles. The molecule has 3 saturated carbocycles. The minimum absolute atomic E-state index is 0.190. The molecule has 0 N–H and O–H groups in total. The largest absolute Gasteiger partial charge is 0.413 e. The van der Waals surface area contributed by atoms with E-state index in [2.05, 4.69) is 39.9 Å². The van der Waals surface area contributed by atoms with Gasteiger partial charge in [0.15, 0.2) is 19.9 Å². The number of allylic oxidation sites excluding steroid dienone is 1. The highest BCUT2D eigenvalue weighted by atomic mass is 28.4. The van der Waals surface area contributed by atoms with Crippen LogP contribution in [0.5, 0.6) is 0 Å². The molecule has 1 saturated heterocycles. The van der Waals surface area contributed by atoms with Crippen molar-refractivity contribution < 1.29 is 18.7 Å². The monoisotopic (exact) mass is 434 g/mol. The van der Waals surface area contributed by atoms with Gasteiger partial charge in [-0.3, -0.25) is 4.79 Å².